The molecule has 0 spiro atoms. The van der Waals surface area contributed by atoms with Gasteiger partial charge in [0.05, 0.1) is 18.5 Å². The zero-order valence-corrected chi connectivity index (χ0v) is 8.45. The molecule has 0 bridgehead atoms. The van der Waals surface area contributed by atoms with Gasteiger partial charge >= 0.3 is 0 Å². The predicted octanol–water partition coefficient (Wildman–Crippen LogP) is 3.43. The van der Waals surface area contributed by atoms with E-state index in [9.17, 15) is 0 Å². The molecule has 3 heteroatoms. The fourth-order valence-corrected chi connectivity index (χ4v) is 1.47. The van der Waals surface area contributed by atoms with Crippen molar-refractivity contribution in [2.75, 3.05) is 0 Å². The third-order valence-electron chi connectivity index (χ3n) is 1.51. The minimum atomic E-state index is 0.459. The first-order valence-corrected chi connectivity index (χ1v) is 4.33. The quantitative estimate of drug-likeness (QED) is 0.763. The maximum Gasteiger partial charge on any atom is 0.0936 e. The van der Waals surface area contributed by atoms with Crippen molar-refractivity contribution in [1.29, 1.82) is 0 Å². The molecule has 0 saturated carbocycles. The second kappa shape index (κ2) is 4.10. The van der Waals surface area contributed by atoms with Crippen molar-refractivity contribution in [3.05, 3.63) is 33.8 Å². The first-order valence-electron chi connectivity index (χ1n) is 3.22. The fraction of sp³-hybridized carbons (Fsp3) is 0.250. The molecule has 1 rings (SSSR count). The van der Waals surface area contributed by atoms with Crippen LogP contribution in [0.15, 0.2) is 22.7 Å². The van der Waals surface area contributed by atoms with Crippen LogP contribution in [0.4, 0.5) is 0 Å². The van der Waals surface area contributed by atoms with Crippen molar-refractivity contribution in [3.8, 4) is 0 Å². The molecule has 11 heavy (non-hydrogen) atoms. The normalized spacial score (nSPS) is 10.1. The summed E-state index contributed by atoms with van der Waals surface area (Å²) in [7, 11) is 0. The Hall–Kier alpha value is -0.0500. The van der Waals surface area contributed by atoms with Gasteiger partial charge in [0.15, 0.2) is 0 Å². The average Bonchev–Trinajstić information content (AvgIpc) is 1.95. The lowest BCUT2D eigenvalue weighted by Crippen LogP contribution is -1.88. The van der Waals surface area contributed by atoms with Crippen LogP contribution in [-0.4, -0.2) is 0 Å². The van der Waals surface area contributed by atoms with Crippen molar-refractivity contribution in [2.45, 2.75) is 13.5 Å². The van der Waals surface area contributed by atoms with E-state index in [1.54, 1.807) is 0 Å². The maximum absolute atomic E-state index is 5.14. The van der Waals surface area contributed by atoms with Gasteiger partial charge in [0.25, 0.3) is 0 Å². The lowest BCUT2D eigenvalue weighted by molar-refractivity contribution is 0.340. The van der Waals surface area contributed by atoms with Crippen LogP contribution in [0.25, 0.3) is 0 Å². The molecule has 60 valence electrons. The molecule has 0 aliphatic carbocycles. The van der Waals surface area contributed by atoms with Crippen molar-refractivity contribution in [2.24, 2.45) is 0 Å². The minimum absolute atomic E-state index is 0.459. The van der Waals surface area contributed by atoms with E-state index in [2.05, 4.69) is 20.2 Å². The molecule has 1 aromatic carbocycles. The van der Waals surface area contributed by atoms with E-state index < -0.39 is 0 Å². The van der Waals surface area contributed by atoms with Gasteiger partial charge in [0.2, 0.25) is 0 Å². The van der Waals surface area contributed by atoms with Crippen molar-refractivity contribution in [3.63, 3.8) is 0 Å². The largest absolute Gasteiger partial charge is 0.274 e. The molecule has 0 aliphatic heterocycles. The molecule has 1 aromatic rings. The molecule has 0 aliphatic rings. The highest BCUT2D eigenvalue weighted by molar-refractivity contribution is 9.10. The summed E-state index contributed by atoms with van der Waals surface area (Å²) in [4.78, 5) is 0. The molecule has 0 N–H and O–H groups in total. The Bertz CT molecular complexity index is 250. The Balaban J connectivity index is 2.90. The summed E-state index contributed by atoms with van der Waals surface area (Å²) in [6.45, 7) is 2.48. The highest BCUT2D eigenvalue weighted by atomic mass is 79.9. The highest BCUT2D eigenvalue weighted by Crippen LogP contribution is 2.16. The molecular formula is C8H8BrClO. The van der Waals surface area contributed by atoms with Gasteiger partial charge in [-0.05, 0) is 30.2 Å². The number of halogens is 2. The van der Waals surface area contributed by atoms with Gasteiger partial charge in [-0.25, -0.2) is 0 Å². The smallest absolute Gasteiger partial charge is 0.0936 e. The monoisotopic (exact) mass is 234 g/mol. The Labute approximate surface area is 79.6 Å². The van der Waals surface area contributed by atoms with Gasteiger partial charge in [-0.3, -0.25) is 4.29 Å². The molecule has 0 amide bonds. The predicted molar refractivity (Wildman–Crippen MR) is 49.5 cm³/mol. The summed E-state index contributed by atoms with van der Waals surface area (Å²) >= 11 is 8.51. The topological polar surface area (TPSA) is 9.23 Å². The second-order valence-corrected chi connectivity index (χ2v) is 3.46. The van der Waals surface area contributed by atoms with Gasteiger partial charge < -0.3 is 0 Å². The third-order valence-corrected chi connectivity index (χ3v) is 2.12. The van der Waals surface area contributed by atoms with Crippen molar-refractivity contribution >= 4 is 27.8 Å². The van der Waals surface area contributed by atoms with Gasteiger partial charge in [-0.2, -0.15) is 0 Å². The van der Waals surface area contributed by atoms with Crippen LogP contribution in [0.2, 0.25) is 0 Å². The number of hydrogen-bond donors (Lipinski definition) is 0. The Morgan fingerprint density at radius 2 is 2.27 bits per heavy atom. The number of aryl methyl sites for hydroxylation is 1. The summed E-state index contributed by atoms with van der Waals surface area (Å²) in [5.74, 6) is 0. The molecule has 0 heterocycles. The maximum atomic E-state index is 5.14. The summed E-state index contributed by atoms with van der Waals surface area (Å²) in [5.41, 5.74) is 2.29. The number of hydrogen-bond acceptors (Lipinski definition) is 1. The summed E-state index contributed by atoms with van der Waals surface area (Å²) in [5, 5.41) is 0. The standard InChI is InChI=1S/C8H8BrClO/c1-6-4-8(9)3-2-7(6)5-11-10/h2-4H,5H2,1H3. The van der Waals surface area contributed by atoms with E-state index in [4.69, 9.17) is 11.9 Å². The Morgan fingerprint density at radius 3 is 2.82 bits per heavy atom. The van der Waals surface area contributed by atoms with Crippen molar-refractivity contribution < 1.29 is 4.29 Å². The van der Waals surface area contributed by atoms with Crippen LogP contribution in [-0.2, 0) is 10.9 Å². The van der Waals surface area contributed by atoms with Gasteiger partial charge in [-0.1, -0.05) is 22.0 Å². The van der Waals surface area contributed by atoms with Crippen LogP contribution in [0.1, 0.15) is 11.1 Å². The first kappa shape index (κ1) is 9.04. The summed E-state index contributed by atoms with van der Waals surface area (Å²) in [6.07, 6.45) is 0. The van der Waals surface area contributed by atoms with Crippen molar-refractivity contribution in [1.82, 2.24) is 0 Å². The van der Waals surface area contributed by atoms with Crippen LogP contribution >= 0.6 is 27.8 Å². The molecule has 0 atom stereocenters. The molecule has 1 nitrogen and oxygen atoms in total. The SMILES string of the molecule is Cc1cc(Br)ccc1COCl. The number of benzene rings is 1. The van der Waals surface area contributed by atoms with E-state index in [1.165, 1.54) is 5.56 Å². The average molecular weight is 236 g/mol. The molecule has 0 unspecified atom stereocenters. The fourth-order valence-electron chi connectivity index (χ4n) is 0.880. The number of rotatable bonds is 2. The molecule has 0 saturated heterocycles. The molecule has 0 aromatic heterocycles. The van der Waals surface area contributed by atoms with Gasteiger partial charge in [-0.15, -0.1) is 0 Å². The minimum Gasteiger partial charge on any atom is -0.274 e. The Morgan fingerprint density at radius 1 is 1.55 bits per heavy atom. The van der Waals surface area contributed by atoms with Crippen LogP contribution in [0.3, 0.4) is 0 Å². The zero-order chi connectivity index (χ0) is 8.27. The van der Waals surface area contributed by atoms with Gasteiger partial charge in [0, 0.05) is 4.47 Å². The highest BCUT2D eigenvalue weighted by Gasteiger charge is 1.97. The van der Waals surface area contributed by atoms with Crippen LogP contribution in [0, 0.1) is 6.92 Å². The Kier molecular flexibility index (Phi) is 3.37. The van der Waals surface area contributed by atoms with Crippen LogP contribution in [0.5, 0.6) is 0 Å². The van der Waals surface area contributed by atoms with E-state index in [1.807, 2.05) is 25.1 Å². The van der Waals surface area contributed by atoms with E-state index in [-0.39, 0.29) is 0 Å². The lowest BCUT2D eigenvalue weighted by Gasteiger charge is -2.02. The lowest BCUT2D eigenvalue weighted by atomic mass is 10.1. The zero-order valence-electron chi connectivity index (χ0n) is 6.10. The third kappa shape index (κ3) is 2.47. The summed E-state index contributed by atoms with van der Waals surface area (Å²) in [6, 6.07) is 5.99. The van der Waals surface area contributed by atoms with Crippen LogP contribution < -0.4 is 0 Å². The summed E-state index contributed by atoms with van der Waals surface area (Å²) < 4.78 is 5.58. The molecular weight excluding hydrogens is 227 g/mol. The molecule has 0 fully saturated rings. The molecule has 0 radical (unpaired) electrons. The van der Waals surface area contributed by atoms with E-state index >= 15 is 0 Å². The van der Waals surface area contributed by atoms with Gasteiger partial charge in [0.1, 0.15) is 0 Å². The first-order chi connectivity index (χ1) is 5.24. The second-order valence-electron chi connectivity index (χ2n) is 2.32. The van der Waals surface area contributed by atoms with E-state index in [0.717, 1.165) is 10.0 Å². The van der Waals surface area contributed by atoms with E-state index in [0.29, 0.717) is 6.61 Å².